The second-order valence-corrected chi connectivity index (χ2v) is 5.55. The zero-order valence-electron chi connectivity index (χ0n) is 8.21. The fourth-order valence-corrected chi connectivity index (χ4v) is 3.25. The van der Waals surface area contributed by atoms with Crippen LogP contribution in [0.15, 0.2) is 4.73 Å². The van der Waals surface area contributed by atoms with Gasteiger partial charge in [-0.05, 0) is 39.8 Å². The largest absolute Gasteiger partial charge is 0.214 e. The summed E-state index contributed by atoms with van der Waals surface area (Å²) in [7, 11) is 0. The Morgan fingerprint density at radius 3 is 2.71 bits per heavy atom. The second kappa shape index (κ2) is 5.21. The second-order valence-electron chi connectivity index (χ2n) is 4.00. The predicted octanol–water partition coefficient (Wildman–Crippen LogP) is 3.81. The van der Waals surface area contributed by atoms with E-state index in [2.05, 4.69) is 25.3 Å². The third kappa shape index (κ3) is 3.02. The Labute approximate surface area is 97.4 Å². The highest BCUT2D eigenvalue weighted by Crippen LogP contribution is 2.27. The molecule has 0 unspecified atom stereocenters. The zero-order chi connectivity index (χ0) is 9.80. The summed E-state index contributed by atoms with van der Waals surface area (Å²) in [5.74, 6) is 0.950. The molecule has 1 aliphatic carbocycles. The van der Waals surface area contributed by atoms with Crippen molar-refractivity contribution in [3.05, 3.63) is 9.74 Å². The molecule has 1 fully saturated rings. The minimum absolute atomic E-state index is 0.751. The van der Waals surface area contributed by atoms with Crippen molar-refractivity contribution in [2.24, 2.45) is 5.92 Å². The lowest BCUT2D eigenvalue weighted by molar-refractivity contribution is 0.339. The van der Waals surface area contributed by atoms with Gasteiger partial charge in [0.2, 0.25) is 4.73 Å². The van der Waals surface area contributed by atoms with Gasteiger partial charge in [-0.1, -0.05) is 32.1 Å². The van der Waals surface area contributed by atoms with Crippen molar-refractivity contribution >= 4 is 27.5 Å². The van der Waals surface area contributed by atoms with Gasteiger partial charge in [-0.25, -0.2) is 4.98 Å². The summed E-state index contributed by atoms with van der Waals surface area (Å²) in [6, 6.07) is 0. The number of rotatable bonds is 3. The lowest BCUT2D eigenvalue weighted by atomic mass is 9.86. The molecule has 0 saturated heterocycles. The quantitative estimate of drug-likeness (QED) is 0.838. The molecule has 78 valence electrons. The molecule has 1 aliphatic rings. The Hall–Kier alpha value is 0.0400. The standard InChI is InChI=1S/C10H15BrN2S/c11-10-12-9(14-13-10)7-6-8-4-2-1-3-5-8/h8H,1-7H2. The minimum atomic E-state index is 0.751. The SMILES string of the molecule is Brc1nsc(CCC2CCCCC2)n1. The third-order valence-corrected chi connectivity index (χ3v) is 4.29. The molecule has 0 spiro atoms. The minimum Gasteiger partial charge on any atom is -0.214 e. The van der Waals surface area contributed by atoms with Gasteiger partial charge in [0.05, 0.1) is 0 Å². The van der Waals surface area contributed by atoms with Crippen LogP contribution in [0.5, 0.6) is 0 Å². The predicted molar refractivity (Wildman–Crippen MR) is 62.5 cm³/mol. The van der Waals surface area contributed by atoms with Crippen LogP contribution in [0.25, 0.3) is 0 Å². The summed E-state index contributed by atoms with van der Waals surface area (Å²) in [6.45, 7) is 0. The van der Waals surface area contributed by atoms with Gasteiger partial charge in [0.25, 0.3) is 0 Å². The Morgan fingerprint density at radius 2 is 2.07 bits per heavy atom. The summed E-state index contributed by atoms with van der Waals surface area (Å²) in [6.07, 6.45) is 9.60. The average Bonchev–Trinajstić information content (AvgIpc) is 2.63. The molecule has 0 radical (unpaired) electrons. The van der Waals surface area contributed by atoms with E-state index in [1.54, 1.807) is 0 Å². The summed E-state index contributed by atoms with van der Waals surface area (Å²) >= 11 is 4.82. The van der Waals surface area contributed by atoms with Gasteiger partial charge in [-0.3, -0.25) is 0 Å². The molecule has 1 heterocycles. The fraction of sp³-hybridized carbons (Fsp3) is 0.800. The first kappa shape index (κ1) is 10.6. The van der Waals surface area contributed by atoms with E-state index in [1.807, 2.05) is 0 Å². The van der Waals surface area contributed by atoms with Crippen LogP contribution in [0, 0.1) is 5.92 Å². The smallest absolute Gasteiger partial charge is 0.209 e. The number of aromatic nitrogens is 2. The molecular weight excluding hydrogens is 260 g/mol. The Balaban J connectivity index is 1.76. The van der Waals surface area contributed by atoms with Crippen LogP contribution in [0.3, 0.4) is 0 Å². The lowest BCUT2D eigenvalue weighted by Gasteiger charge is -2.20. The first-order valence-electron chi connectivity index (χ1n) is 5.32. The summed E-state index contributed by atoms with van der Waals surface area (Å²) in [5.41, 5.74) is 0. The van der Waals surface area contributed by atoms with Crippen molar-refractivity contribution < 1.29 is 0 Å². The Bertz CT molecular complexity index is 281. The van der Waals surface area contributed by atoms with Gasteiger partial charge < -0.3 is 0 Å². The summed E-state index contributed by atoms with van der Waals surface area (Å²) in [4.78, 5) is 4.32. The topological polar surface area (TPSA) is 25.8 Å². The molecule has 0 atom stereocenters. The van der Waals surface area contributed by atoms with Gasteiger partial charge in [0.1, 0.15) is 5.01 Å². The molecule has 1 aromatic rings. The maximum Gasteiger partial charge on any atom is 0.209 e. The molecule has 0 amide bonds. The normalized spacial score (nSPS) is 18.6. The van der Waals surface area contributed by atoms with E-state index in [4.69, 9.17) is 0 Å². The van der Waals surface area contributed by atoms with Gasteiger partial charge in [0.15, 0.2) is 0 Å². The monoisotopic (exact) mass is 274 g/mol. The van der Waals surface area contributed by atoms with Crippen molar-refractivity contribution in [2.75, 3.05) is 0 Å². The molecule has 4 heteroatoms. The number of hydrogen-bond acceptors (Lipinski definition) is 3. The van der Waals surface area contributed by atoms with Crippen molar-refractivity contribution in [3.63, 3.8) is 0 Å². The summed E-state index contributed by atoms with van der Waals surface area (Å²) < 4.78 is 4.88. The third-order valence-electron chi connectivity index (χ3n) is 2.93. The van der Waals surface area contributed by atoms with Crippen LogP contribution >= 0.6 is 27.5 Å². The number of nitrogens with zero attached hydrogens (tertiary/aromatic N) is 2. The highest BCUT2D eigenvalue weighted by Gasteiger charge is 2.14. The van der Waals surface area contributed by atoms with Crippen LogP contribution < -0.4 is 0 Å². The highest BCUT2D eigenvalue weighted by molar-refractivity contribution is 9.10. The van der Waals surface area contributed by atoms with E-state index in [-0.39, 0.29) is 0 Å². The maximum atomic E-state index is 4.32. The Morgan fingerprint density at radius 1 is 1.29 bits per heavy atom. The van der Waals surface area contributed by atoms with E-state index >= 15 is 0 Å². The van der Waals surface area contributed by atoms with Crippen LogP contribution in [-0.4, -0.2) is 9.36 Å². The maximum absolute atomic E-state index is 4.32. The van der Waals surface area contributed by atoms with Crippen molar-refractivity contribution in [1.29, 1.82) is 0 Å². The van der Waals surface area contributed by atoms with Gasteiger partial charge in [-0.15, -0.1) is 0 Å². The van der Waals surface area contributed by atoms with Crippen molar-refractivity contribution in [3.8, 4) is 0 Å². The van der Waals surface area contributed by atoms with Gasteiger partial charge >= 0.3 is 0 Å². The average molecular weight is 275 g/mol. The van der Waals surface area contributed by atoms with E-state index in [0.717, 1.165) is 17.1 Å². The molecule has 0 aromatic carbocycles. The van der Waals surface area contributed by atoms with E-state index < -0.39 is 0 Å². The van der Waals surface area contributed by atoms with Crippen LogP contribution in [0.4, 0.5) is 0 Å². The molecule has 2 nitrogen and oxygen atoms in total. The molecule has 1 aromatic heterocycles. The van der Waals surface area contributed by atoms with E-state index in [1.165, 1.54) is 55.1 Å². The molecule has 0 bridgehead atoms. The van der Waals surface area contributed by atoms with Gasteiger partial charge in [0, 0.05) is 6.42 Å². The van der Waals surface area contributed by atoms with Crippen LogP contribution in [0.1, 0.15) is 43.5 Å². The van der Waals surface area contributed by atoms with Crippen molar-refractivity contribution in [1.82, 2.24) is 9.36 Å². The summed E-state index contributed by atoms with van der Waals surface area (Å²) in [5, 5.41) is 1.18. The number of aryl methyl sites for hydroxylation is 1. The fourth-order valence-electron chi connectivity index (χ4n) is 2.14. The molecule has 14 heavy (non-hydrogen) atoms. The molecular formula is C10H15BrN2S. The van der Waals surface area contributed by atoms with Crippen LogP contribution in [0.2, 0.25) is 0 Å². The van der Waals surface area contributed by atoms with E-state index in [9.17, 15) is 0 Å². The number of hydrogen-bond donors (Lipinski definition) is 0. The zero-order valence-corrected chi connectivity index (χ0v) is 10.6. The van der Waals surface area contributed by atoms with Crippen LogP contribution in [-0.2, 0) is 6.42 Å². The molecule has 1 saturated carbocycles. The lowest BCUT2D eigenvalue weighted by Crippen LogP contribution is -2.07. The Kier molecular flexibility index (Phi) is 3.93. The number of halogens is 1. The molecule has 0 N–H and O–H groups in total. The first-order chi connectivity index (χ1) is 6.84. The molecule has 2 rings (SSSR count). The molecule has 0 aliphatic heterocycles. The van der Waals surface area contributed by atoms with E-state index in [0.29, 0.717) is 0 Å². The van der Waals surface area contributed by atoms with Gasteiger partial charge in [-0.2, -0.15) is 4.37 Å². The highest BCUT2D eigenvalue weighted by atomic mass is 79.9. The van der Waals surface area contributed by atoms with Crippen molar-refractivity contribution in [2.45, 2.75) is 44.9 Å². The first-order valence-corrected chi connectivity index (χ1v) is 6.89.